The van der Waals surface area contributed by atoms with Crippen LogP contribution in [0.25, 0.3) is 17.0 Å². The van der Waals surface area contributed by atoms with Gasteiger partial charge in [-0.15, -0.1) is 0 Å². The lowest BCUT2D eigenvalue weighted by Crippen LogP contribution is -2.36. The highest BCUT2D eigenvalue weighted by molar-refractivity contribution is 8.18. The van der Waals surface area contributed by atoms with Gasteiger partial charge in [0.25, 0.3) is 11.1 Å². The summed E-state index contributed by atoms with van der Waals surface area (Å²) < 4.78 is 2.02. The fraction of sp³-hybridized carbons (Fsp3) is 0.103. The summed E-state index contributed by atoms with van der Waals surface area (Å²) in [6.07, 6.45) is 3.61. The average molecular weight is 507 g/mol. The quantitative estimate of drug-likeness (QED) is 0.346. The smallest absolute Gasteiger partial charge is 0.294 e. The van der Waals surface area contributed by atoms with Crippen LogP contribution in [0.2, 0.25) is 0 Å². The van der Waals surface area contributed by atoms with Gasteiger partial charge in [-0.05, 0) is 54.6 Å². The fourth-order valence-corrected chi connectivity index (χ4v) is 5.06. The minimum absolute atomic E-state index is 0.258. The van der Waals surface area contributed by atoms with E-state index in [1.165, 1.54) is 0 Å². The van der Waals surface area contributed by atoms with Crippen LogP contribution in [0.5, 0.6) is 0 Å². The number of imide groups is 1. The van der Waals surface area contributed by atoms with Gasteiger partial charge in [-0.25, -0.2) is 0 Å². The molecule has 0 saturated carbocycles. The van der Waals surface area contributed by atoms with Crippen molar-refractivity contribution in [2.24, 2.45) is 0 Å². The number of fused-ring (bicyclic) bond motifs is 1. The summed E-state index contributed by atoms with van der Waals surface area (Å²) >= 11 is 0.821. The Morgan fingerprint density at radius 2 is 1.76 bits per heavy atom. The number of nitrogens with zero attached hydrogens (tertiary/aromatic N) is 3. The van der Waals surface area contributed by atoms with Crippen LogP contribution >= 0.6 is 11.8 Å². The fourth-order valence-electron chi connectivity index (χ4n) is 4.23. The summed E-state index contributed by atoms with van der Waals surface area (Å²) in [6, 6.07) is 24.7. The number of thioether (sulfide) groups is 1. The molecule has 0 unspecified atom stereocenters. The third kappa shape index (κ3) is 5.03. The molecule has 4 aromatic rings. The number of hydrogen-bond donors (Lipinski definition) is 1. The maximum absolute atomic E-state index is 13.1. The van der Waals surface area contributed by atoms with Crippen molar-refractivity contribution in [3.05, 3.63) is 106 Å². The minimum Gasteiger partial charge on any atom is -0.342 e. The van der Waals surface area contributed by atoms with Crippen LogP contribution in [0, 0.1) is 18.3 Å². The van der Waals surface area contributed by atoms with Crippen LogP contribution in [-0.4, -0.2) is 33.1 Å². The highest BCUT2D eigenvalue weighted by atomic mass is 32.2. The molecule has 0 spiro atoms. The third-order valence-corrected chi connectivity index (χ3v) is 7.00. The van der Waals surface area contributed by atoms with Crippen LogP contribution in [0.3, 0.4) is 0 Å². The zero-order valence-corrected chi connectivity index (χ0v) is 20.8. The second kappa shape index (κ2) is 10.2. The molecule has 2 heterocycles. The Morgan fingerprint density at radius 3 is 2.54 bits per heavy atom. The largest absolute Gasteiger partial charge is 0.342 e. The monoisotopic (exact) mass is 506 g/mol. The molecule has 37 heavy (non-hydrogen) atoms. The summed E-state index contributed by atoms with van der Waals surface area (Å²) in [5.41, 5.74) is 4.87. The first-order valence-electron chi connectivity index (χ1n) is 11.6. The van der Waals surface area contributed by atoms with Gasteiger partial charge in [-0.3, -0.25) is 19.3 Å². The summed E-state index contributed by atoms with van der Waals surface area (Å²) in [5, 5.41) is 12.6. The van der Waals surface area contributed by atoms with E-state index in [1.807, 2.05) is 72.3 Å². The number of amides is 3. The van der Waals surface area contributed by atoms with Crippen molar-refractivity contribution in [3.63, 3.8) is 0 Å². The maximum atomic E-state index is 13.1. The molecule has 3 aromatic carbocycles. The van der Waals surface area contributed by atoms with E-state index in [0.717, 1.165) is 44.3 Å². The van der Waals surface area contributed by atoms with Crippen LogP contribution in [-0.2, 0) is 16.1 Å². The summed E-state index contributed by atoms with van der Waals surface area (Å²) in [7, 11) is 0. The number of nitrogens with one attached hydrogen (secondary N) is 1. The normalized spacial score (nSPS) is 14.4. The standard InChI is InChI=1S/C29H22N4O3S/c1-19-10-12-23(13-11-19)31-27(34)18-33-28(35)26(37-29(33)36)14-22-17-32(25-9-5-4-8-24(22)25)16-21-7-3-2-6-20(21)15-30/h2-14,17H,16,18H2,1H3,(H,31,34)/b26-14+. The van der Waals surface area contributed by atoms with Gasteiger partial charge in [-0.2, -0.15) is 5.26 Å². The molecule has 0 radical (unpaired) electrons. The van der Waals surface area contributed by atoms with E-state index in [1.54, 1.807) is 24.3 Å². The van der Waals surface area contributed by atoms with Crippen molar-refractivity contribution in [1.29, 1.82) is 5.26 Å². The van der Waals surface area contributed by atoms with Crippen LogP contribution in [0.15, 0.2) is 83.9 Å². The molecule has 5 rings (SSSR count). The zero-order chi connectivity index (χ0) is 25.9. The molecule has 1 fully saturated rings. The molecule has 8 heteroatoms. The Labute approximate surface area is 218 Å². The number of aryl methyl sites for hydroxylation is 1. The van der Waals surface area contributed by atoms with Crippen molar-refractivity contribution in [3.8, 4) is 6.07 Å². The van der Waals surface area contributed by atoms with Gasteiger partial charge in [0, 0.05) is 34.9 Å². The molecule has 3 amide bonds. The molecule has 7 nitrogen and oxygen atoms in total. The summed E-state index contributed by atoms with van der Waals surface area (Å²) in [6.45, 7) is 2.07. The Hall–Kier alpha value is -4.61. The van der Waals surface area contributed by atoms with Gasteiger partial charge >= 0.3 is 0 Å². The van der Waals surface area contributed by atoms with Gasteiger partial charge in [0.05, 0.1) is 16.5 Å². The van der Waals surface area contributed by atoms with Crippen molar-refractivity contribution in [1.82, 2.24) is 9.47 Å². The first-order valence-corrected chi connectivity index (χ1v) is 12.4. The molecule has 1 aliphatic rings. The van der Waals surface area contributed by atoms with Crippen molar-refractivity contribution in [2.75, 3.05) is 11.9 Å². The summed E-state index contributed by atoms with van der Waals surface area (Å²) in [4.78, 5) is 39.4. The summed E-state index contributed by atoms with van der Waals surface area (Å²) in [5.74, 6) is -0.944. The first kappa shape index (κ1) is 24.1. The highest BCUT2D eigenvalue weighted by Crippen LogP contribution is 2.34. The van der Waals surface area contributed by atoms with E-state index < -0.39 is 17.1 Å². The molecule has 1 saturated heterocycles. The maximum Gasteiger partial charge on any atom is 0.294 e. The molecule has 1 aromatic heterocycles. The topological polar surface area (TPSA) is 95.2 Å². The van der Waals surface area contributed by atoms with Crippen molar-refractivity contribution < 1.29 is 14.4 Å². The minimum atomic E-state index is -0.499. The number of aromatic nitrogens is 1. The molecular weight excluding hydrogens is 484 g/mol. The van der Waals surface area contributed by atoms with Crippen molar-refractivity contribution in [2.45, 2.75) is 13.5 Å². The predicted octanol–water partition coefficient (Wildman–Crippen LogP) is 5.54. The van der Waals surface area contributed by atoms with E-state index in [0.29, 0.717) is 17.8 Å². The van der Waals surface area contributed by atoms with E-state index >= 15 is 0 Å². The van der Waals surface area contributed by atoms with Crippen LogP contribution < -0.4 is 5.32 Å². The van der Waals surface area contributed by atoms with E-state index in [2.05, 4.69) is 11.4 Å². The lowest BCUT2D eigenvalue weighted by molar-refractivity contribution is -0.127. The van der Waals surface area contributed by atoms with E-state index in [9.17, 15) is 19.6 Å². The second-order valence-corrected chi connectivity index (χ2v) is 9.67. The lowest BCUT2D eigenvalue weighted by Gasteiger charge is -2.12. The Balaban J connectivity index is 1.39. The number of carbonyl (C=O) groups is 3. The van der Waals surface area contributed by atoms with Gasteiger partial charge in [0.2, 0.25) is 5.91 Å². The highest BCUT2D eigenvalue weighted by Gasteiger charge is 2.36. The zero-order valence-electron chi connectivity index (χ0n) is 20.0. The predicted molar refractivity (Wildman–Crippen MR) is 145 cm³/mol. The number of anilines is 1. The van der Waals surface area contributed by atoms with Gasteiger partial charge in [0.15, 0.2) is 0 Å². The molecule has 182 valence electrons. The molecule has 1 N–H and O–H groups in total. The Morgan fingerprint density at radius 1 is 1.03 bits per heavy atom. The second-order valence-electron chi connectivity index (χ2n) is 8.68. The Bertz CT molecular complexity index is 1610. The number of rotatable bonds is 6. The third-order valence-electron chi connectivity index (χ3n) is 6.10. The Kier molecular flexibility index (Phi) is 6.62. The first-order chi connectivity index (χ1) is 17.9. The molecule has 1 aliphatic heterocycles. The van der Waals surface area contributed by atoms with Gasteiger partial charge < -0.3 is 9.88 Å². The molecule has 0 atom stereocenters. The SMILES string of the molecule is Cc1ccc(NC(=O)CN2C(=O)S/C(=C/c3cn(Cc4ccccc4C#N)c4ccccc34)C2=O)cc1. The number of carbonyl (C=O) groups excluding carboxylic acids is 3. The average Bonchev–Trinajstić information content (AvgIpc) is 3.37. The molecule has 0 bridgehead atoms. The number of nitriles is 1. The lowest BCUT2D eigenvalue weighted by atomic mass is 10.1. The van der Waals surface area contributed by atoms with Crippen LogP contribution in [0.1, 0.15) is 22.3 Å². The number of hydrogen-bond acceptors (Lipinski definition) is 5. The van der Waals surface area contributed by atoms with Crippen LogP contribution in [0.4, 0.5) is 10.5 Å². The van der Waals surface area contributed by atoms with E-state index in [-0.39, 0.29) is 11.4 Å². The molecule has 0 aliphatic carbocycles. The number of para-hydroxylation sites is 1. The molecular formula is C29H22N4O3S. The van der Waals surface area contributed by atoms with Gasteiger partial charge in [0.1, 0.15) is 6.54 Å². The number of benzene rings is 3. The van der Waals surface area contributed by atoms with E-state index in [4.69, 9.17) is 0 Å². The van der Waals surface area contributed by atoms with Crippen molar-refractivity contribution >= 4 is 51.5 Å². The van der Waals surface area contributed by atoms with Gasteiger partial charge in [-0.1, -0.05) is 54.1 Å².